The average molecular weight is 288 g/mol. The molecule has 3 heteroatoms. The summed E-state index contributed by atoms with van der Waals surface area (Å²) >= 11 is 1.86. The van der Waals surface area contributed by atoms with Crippen molar-refractivity contribution in [3.8, 4) is 0 Å². The van der Waals surface area contributed by atoms with Gasteiger partial charge in [-0.1, -0.05) is 39.0 Å². The summed E-state index contributed by atoms with van der Waals surface area (Å²) in [6.45, 7) is 6.62. The van der Waals surface area contributed by atoms with E-state index >= 15 is 0 Å². The van der Waals surface area contributed by atoms with Crippen molar-refractivity contribution in [3.63, 3.8) is 0 Å². The summed E-state index contributed by atoms with van der Waals surface area (Å²) in [6, 6.07) is 10.8. The van der Waals surface area contributed by atoms with Crippen LogP contribution >= 0.6 is 11.8 Å². The molecule has 0 bridgehead atoms. The second kappa shape index (κ2) is 7.09. The molecule has 0 radical (unpaired) electrons. The van der Waals surface area contributed by atoms with Gasteiger partial charge in [0.15, 0.2) is 0 Å². The standard InChI is InChI=1S/C17H24N2S/c1-4-15(18)10-14-9-13-7-5-6-8-16(13)19-17(14)20-11-12(2)3/h5-9,12,15H,4,10-11,18H2,1-3H3. The number of aromatic nitrogens is 1. The third-order valence-electron chi connectivity index (χ3n) is 3.32. The highest BCUT2D eigenvalue weighted by Crippen LogP contribution is 2.27. The Morgan fingerprint density at radius 2 is 2.00 bits per heavy atom. The Morgan fingerprint density at radius 3 is 2.70 bits per heavy atom. The summed E-state index contributed by atoms with van der Waals surface area (Å²) < 4.78 is 0. The summed E-state index contributed by atoms with van der Waals surface area (Å²) in [6.07, 6.45) is 1.91. The van der Waals surface area contributed by atoms with Crippen LogP contribution in [0.15, 0.2) is 35.4 Å². The topological polar surface area (TPSA) is 38.9 Å². The lowest BCUT2D eigenvalue weighted by Gasteiger charge is -2.14. The average Bonchev–Trinajstić information content (AvgIpc) is 2.44. The van der Waals surface area contributed by atoms with Gasteiger partial charge in [-0.2, -0.15) is 0 Å². The Labute approximate surface area is 126 Å². The Bertz CT molecular complexity index is 566. The number of rotatable bonds is 6. The molecule has 0 amide bonds. The third kappa shape index (κ3) is 3.97. The van der Waals surface area contributed by atoms with Gasteiger partial charge in [-0.05, 0) is 36.5 Å². The lowest BCUT2D eigenvalue weighted by atomic mass is 10.0. The first-order chi connectivity index (χ1) is 9.60. The van der Waals surface area contributed by atoms with Gasteiger partial charge in [-0.25, -0.2) is 4.98 Å². The maximum absolute atomic E-state index is 6.14. The number of fused-ring (bicyclic) bond motifs is 1. The SMILES string of the molecule is CCC(N)Cc1cc2ccccc2nc1SCC(C)C. The molecule has 2 rings (SSSR count). The molecule has 0 spiro atoms. The van der Waals surface area contributed by atoms with Gasteiger partial charge in [-0.15, -0.1) is 11.8 Å². The van der Waals surface area contributed by atoms with Crippen molar-refractivity contribution in [1.29, 1.82) is 0 Å². The van der Waals surface area contributed by atoms with E-state index < -0.39 is 0 Å². The minimum Gasteiger partial charge on any atom is -0.327 e. The van der Waals surface area contributed by atoms with E-state index in [1.807, 2.05) is 17.8 Å². The van der Waals surface area contributed by atoms with Gasteiger partial charge in [0, 0.05) is 17.2 Å². The predicted molar refractivity (Wildman–Crippen MR) is 89.3 cm³/mol. The molecular formula is C17H24N2S. The van der Waals surface area contributed by atoms with Gasteiger partial charge in [0.25, 0.3) is 0 Å². The number of thioether (sulfide) groups is 1. The molecule has 0 aliphatic rings. The van der Waals surface area contributed by atoms with E-state index in [-0.39, 0.29) is 6.04 Å². The highest BCUT2D eigenvalue weighted by Gasteiger charge is 2.11. The van der Waals surface area contributed by atoms with Gasteiger partial charge in [0.05, 0.1) is 10.5 Å². The fourth-order valence-corrected chi connectivity index (χ4v) is 3.07. The van der Waals surface area contributed by atoms with Crippen LogP contribution in [0.4, 0.5) is 0 Å². The molecule has 1 unspecified atom stereocenters. The minimum atomic E-state index is 0.219. The molecule has 20 heavy (non-hydrogen) atoms. The van der Waals surface area contributed by atoms with Crippen molar-refractivity contribution < 1.29 is 0 Å². The second-order valence-electron chi connectivity index (χ2n) is 5.72. The molecule has 1 atom stereocenters. The van der Waals surface area contributed by atoms with E-state index in [1.54, 1.807) is 0 Å². The van der Waals surface area contributed by atoms with E-state index in [0.717, 1.165) is 29.1 Å². The van der Waals surface area contributed by atoms with E-state index in [1.165, 1.54) is 10.9 Å². The van der Waals surface area contributed by atoms with Gasteiger partial charge in [0.2, 0.25) is 0 Å². The molecular weight excluding hydrogens is 264 g/mol. The molecule has 2 aromatic rings. The lowest BCUT2D eigenvalue weighted by molar-refractivity contribution is 0.638. The molecule has 1 aromatic heterocycles. The smallest absolute Gasteiger partial charge is 0.1000 e. The fraction of sp³-hybridized carbons (Fsp3) is 0.471. The maximum atomic E-state index is 6.14. The van der Waals surface area contributed by atoms with Crippen LogP contribution in [0.5, 0.6) is 0 Å². The number of para-hydroxylation sites is 1. The van der Waals surface area contributed by atoms with Crippen molar-refractivity contribution in [2.75, 3.05) is 5.75 Å². The fourth-order valence-electron chi connectivity index (χ4n) is 2.09. The summed E-state index contributed by atoms with van der Waals surface area (Å²) in [4.78, 5) is 4.84. The molecule has 0 fully saturated rings. The van der Waals surface area contributed by atoms with Crippen molar-refractivity contribution >= 4 is 22.7 Å². The number of benzene rings is 1. The number of hydrogen-bond acceptors (Lipinski definition) is 3. The Hall–Kier alpha value is -1.06. The van der Waals surface area contributed by atoms with Crippen LogP contribution in [0.25, 0.3) is 10.9 Å². The molecule has 1 aromatic carbocycles. The second-order valence-corrected chi connectivity index (χ2v) is 6.73. The first kappa shape index (κ1) is 15.3. The van der Waals surface area contributed by atoms with Gasteiger partial charge in [0.1, 0.15) is 0 Å². The minimum absolute atomic E-state index is 0.219. The predicted octanol–water partition coefficient (Wildman–Crippen LogP) is 4.26. The number of hydrogen-bond donors (Lipinski definition) is 1. The Balaban J connectivity index is 2.36. The summed E-state index contributed by atoms with van der Waals surface area (Å²) in [5, 5.41) is 2.36. The normalized spacial score (nSPS) is 13.1. The van der Waals surface area contributed by atoms with E-state index in [9.17, 15) is 0 Å². The zero-order valence-electron chi connectivity index (χ0n) is 12.6. The van der Waals surface area contributed by atoms with E-state index in [2.05, 4.69) is 45.0 Å². The van der Waals surface area contributed by atoms with Crippen LogP contribution in [0.3, 0.4) is 0 Å². The molecule has 0 aliphatic heterocycles. The number of nitrogens with zero attached hydrogens (tertiary/aromatic N) is 1. The van der Waals surface area contributed by atoms with E-state index in [4.69, 9.17) is 10.7 Å². The molecule has 108 valence electrons. The first-order valence-electron chi connectivity index (χ1n) is 7.37. The lowest BCUT2D eigenvalue weighted by Crippen LogP contribution is -2.22. The first-order valence-corrected chi connectivity index (χ1v) is 8.35. The third-order valence-corrected chi connectivity index (χ3v) is 4.78. The molecule has 1 heterocycles. The molecule has 0 saturated carbocycles. The summed E-state index contributed by atoms with van der Waals surface area (Å²) in [5.41, 5.74) is 8.51. The van der Waals surface area contributed by atoms with Gasteiger partial charge >= 0.3 is 0 Å². The maximum Gasteiger partial charge on any atom is 0.1000 e. The van der Waals surface area contributed by atoms with Crippen molar-refractivity contribution in [1.82, 2.24) is 4.98 Å². The molecule has 2 nitrogen and oxygen atoms in total. The zero-order valence-corrected chi connectivity index (χ0v) is 13.4. The Morgan fingerprint density at radius 1 is 1.25 bits per heavy atom. The van der Waals surface area contributed by atoms with Crippen molar-refractivity contribution in [2.45, 2.75) is 44.7 Å². The quantitative estimate of drug-likeness (QED) is 0.807. The van der Waals surface area contributed by atoms with Crippen LogP contribution in [-0.2, 0) is 6.42 Å². The van der Waals surface area contributed by atoms with Gasteiger partial charge in [-0.3, -0.25) is 0 Å². The molecule has 0 aliphatic carbocycles. The summed E-state index contributed by atoms with van der Waals surface area (Å²) in [7, 11) is 0. The van der Waals surface area contributed by atoms with Crippen LogP contribution in [-0.4, -0.2) is 16.8 Å². The summed E-state index contributed by atoms with van der Waals surface area (Å²) in [5.74, 6) is 1.76. The molecule has 2 N–H and O–H groups in total. The van der Waals surface area contributed by atoms with Gasteiger partial charge < -0.3 is 5.73 Å². The Kier molecular flexibility index (Phi) is 5.44. The zero-order chi connectivity index (χ0) is 14.5. The van der Waals surface area contributed by atoms with Crippen LogP contribution < -0.4 is 5.73 Å². The largest absolute Gasteiger partial charge is 0.327 e. The van der Waals surface area contributed by atoms with Crippen molar-refractivity contribution in [3.05, 3.63) is 35.9 Å². The monoisotopic (exact) mass is 288 g/mol. The number of pyridine rings is 1. The van der Waals surface area contributed by atoms with Crippen LogP contribution in [0.1, 0.15) is 32.8 Å². The molecule has 0 saturated heterocycles. The highest BCUT2D eigenvalue weighted by molar-refractivity contribution is 7.99. The number of nitrogens with two attached hydrogens (primary N) is 1. The van der Waals surface area contributed by atoms with Crippen LogP contribution in [0.2, 0.25) is 0 Å². The van der Waals surface area contributed by atoms with Crippen molar-refractivity contribution in [2.24, 2.45) is 11.7 Å². The van der Waals surface area contributed by atoms with E-state index in [0.29, 0.717) is 5.92 Å². The highest BCUT2D eigenvalue weighted by atomic mass is 32.2. The van der Waals surface area contributed by atoms with Crippen LogP contribution in [0, 0.1) is 5.92 Å².